The number of hydrogen-bond acceptors (Lipinski definition) is 3. The van der Waals surface area contributed by atoms with Gasteiger partial charge in [-0.25, -0.2) is 4.68 Å². The van der Waals surface area contributed by atoms with E-state index in [0.29, 0.717) is 5.39 Å². The lowest BCUT2D eigenvalue weighted by Crippen LogP contribution is -2.14. The molecule has 0 fully saturated rings. The number of nitrogens with one attached hydrogen (secondary N) is 1. The third-order valence-electron chi connectivity index (χ3n) is 3.82. The van der Waals surface area contributed by atoms with Gasteiger partial charge in [0.15, 0.2) is 0 Å². The zero-order chi connectivity index (χ0) is 16.0. The number of aromatic amines is 1. The zero-order valence-corrected chi connectivity index (χ0v) is 13.8. The topological polar surface area (TPSA) is 59.9 Å². The number of nitrogens with zero attached hydrogens (tertiary/aromatic N) is 2. The second kappa shape index (κ2) is 5.24. The van der Waals surface area contributed by atoms with Crippen molar-refractivity contribution >= 4 is 37.7 Å². The van der Waals surface area contributed by atoms with E-state index in [1.165, 1.54) is 4.68 Å². The van der Waals surface area contributed by atoms with Crippen LogP contribution in [0.15, 0.2) is 57.9 Å². The van der Waals surface area contributed by atoms with Crippen molar-refractivity contribution in [2.24, 2.45) is 0 Å². The Balaban J connectivity index is 1.99. The summed E-state index contributed by atoms with van der Waals surface area (Å²) in [5, 5.41) is 4.67. The Hall–Kier alpha value is -2.60. The number of hydrogen-bond donors (Lipinski definition) is 1. The van der Waals surface area contributed by atoms with Crippen LogP contribution in [0.5, 0.6) is 5.75 Å². The first-order chi connectivity index (χ1) is 11.2. The maximum absolute atomic E-state index is 12.6. The number of methoxy groups -OCH3 is 1. The van der Waals surface area contributed by atoms with Crippen LogP contribution in [0.1, 0.15) is 0 Å². The van der Waals surface area contributed by atoms with Gasteiger partial charge in [0.25, 0.3) is 5.56 Å². The van der Waals surface area contributed by atoms with Crippen LogP contribution in [-0.2, 0) is 0 Å². The molecule has 0 aliphatic rings. The second-order valence-corrected chi connectivity index (χ2v) is 6.07. The highest BCUT2D eigenvalue weighted by atomic mass is 79.9. The summed E-state index contributed by atoms with van der Waals surface area (Å²) < 4.78 is 7.62. The average Bonchev–Trinajstić information content (AvgIpc) is 2.92. The monoisotopic (exact) mass is 369 g/mol. The highest BCUT2D eigenvalue weighted by molar-refractivity contribution is 9.10. The van der Waals surface area contributed by atoms with Gasteiger partial charge in [-0.3, -0.25) is 14.9 Å². The van der Waals surface area contributed by atoms with Gasteiger partial charge in [-0.15, -0.1) is 0 Å². The highest BCUT2D eigenvalue weighted by Gasteiger charge is 2.12. The molecule has 2 aromatic heterocycles. The lowest BCUT2D eigenvalue weighted by atomic mass is 10.2. The van der Waals surface area contributed by atoms with Gasteiger partial charge >= 0.3 is 0 Å². The molecule has 0 saturated carbocycles. The molecule has 0 atom stereocenters. The zero-order valence-electron chi connectivity index (χ0n) is 12.2. The van der Waals surface area contributed by atoms with E-state index in [1.54, 1.807) is 13.3 Å². The molecule has 0 spiro atoms. The van der Waals surface area contributed by atoms with E-state index in [0.717, 1.165) is 32.3 Å². The van der Waals surface area contributed by atoms with Gasteiger partial charge in [0.2, 0.25) is 0 Å². The van der Waals surface area contributed by atoms with Gasteiger partial charge in [0, 0.05) is 16.1 Å². The van der Waals surface area contributed by atoms with E-state index in [9.17, 15) is 4.79 Å². The van der Waals surface area contributed by atoms with Crippen LogP contribution in [0.2, 0.25) is 0 Å². The number of H-pyrrole nitrogens is 1. The molecule has 2 aromatic carbocycles. The number of aromatic nitrogens is 3. The molecule has 114 valence electrons. The van der Waals surface area contributed by atoms with Crippen molar-refractivity contribution in [3.8, 4) is 11.4 Å². The number of benzene rings is 2. The highest BCUT2D eigenvalue weighted by Crippen LogP contribution is 2.24. The molecule has 23 heavy (non-hydrogen) atoms. The Morgan fingerprint density at radius 2 is 1.91 bits per heavy atom. The Kier molecular flexibility index (Phi) is 3.20. The van der Waals surface area contributed by atoms with Gasteiger partial charge < -0.3 is 4.74 Å². The van der Waals surface area contributed by atoms with Crippen LogP contribution in [-0.4, -0.2) is 21.9 Å². The predicted octanol–water partition coefficient (Wildman–Crippen LogP) is 3.64. The minimum Gasteiger partial charge on any atom is -0.497 e. The third kappa shape index (κ3) is 2.22. The van der Waals surface area contributed by atoms with Gasteiger partial charge in [-0.05, 0) is 42.5 Å². The Morgan fingerprint density at radius 3 is 2.65 bits per heavy atom. The number of pyridine rings is 1. The van der Waals surface area contributed by atoms with Crippen molar-refractivity contribution in [2.45, 2.75) is 0 Å². The molecule has 4 aromatic rings. The molecule has 0 saturated heterocycles. The molecule has 0 unspecified atom stereocenters. The Labute approximate surface area is 139 Å². The summed E-state index contributed by atoms with van der Waals surface area (Å²) in [6.07, 6.45) is 1.61. The quantitative estimate of drug-likeness (QED) is 0.586. The fourth-order valence-electron chi connectivity index (χ4n) is 2.65. The molecule has 2 heterocycles. The molecule has 0 amide bonds. The molecule has 5 nitrogen and oxygen atoms in total. The molecular formula is C17H12BrN3O2. The number of halogens is 1. The Bertz CT molecular complexity index is 1080. The summed E-state index contributed by atoms with van der Waals surface area (Å²) in [5.74, 6) is 0.745. The SMILES string of the molecule is COc1ccc(-n2[nH]c3c(cnc4cc(Br)ccc43)c2=O)cc1. The van der Waals surface area contributed by atoms with E-state index < -0.39 is 0 Å². The molecule has 0 bridgehead atoms. The smallest absolute Gasteiger partial charge is 0.280 e. The van der Waals surface area contributed by atoms with Gasteiger partial charge in [0.1, 0.15) is 5.75 Å². The minimum absolute atomic E-state index is 0.123. The molecule has 0 radical (unpaired) electrons. The number of rotatable bonds is 2. The van der Waals surface area contributed by atoms with Crippen molar-refractivity contribution < 1.29 is 4.74 Å². The van der Waals surface area contributed by atoms with E-state index >= 15 is 0 Å². The molecule has 6 heteroatoms. The average molecular weight is 370 g/mol. The standard InChI is InChI=1S/C17H12BrN3O2/c1-23-12-5-3-11(4-6-12)21-17(22)14-9-19-15-8-10(18)2-7-13(15)16(14)20-21/h2-9,20H,1H3. The van der Waals surface area contributed by atoms with E-state index in [-0.39, 0.29) is 5.56 Å². The molecular weight excluding hydrogens is 358 g/mol. The minimum atomic E-state index is -0.123. The van der Waals surface area contributed by atoms with Gasteiger partial charge in [-0.1, -0.05) is 15.9 Å². The normalized spacial score (nSPS) is 11.2. The summed E-state index contributed by atoms with van der Waals surface area (Å²) in [4.78, 5) is 17.0. The molecule has 0 aliphatic carbocycles. The van der Waals surface area contributed by atoms with Crippen LogP contribution >= 0.6 is 15.9 Å². The first-order valence-corrected chi connectivity index (χ1v) is 7.80. The second-order valence-electron chi connectivity index (χ2n) is 5.16. The Morgan fingerprint density at radius 1 is 1.13 bits per heavy atom. The van der Waals surface area contributed by atoms with Crippen LogP contribution in [0, 0.1) is 0 Å². The third-order valence-corrected chi connectivity index (χ3v) is 4.31. The lowest BCUT2D eigenvalue weighted by molar-refractivity contribution is 0.414. The van der Waals surface area contributed by atoms with E-state index in [1.807, 2.05) is 42.5 Å². The van der Waals surface area contributed by atoms with Crippen molar-refractivity contribution in [2.75, 3.05) is 7.11 Å². The predicted molar refractivity (Wildman–Crippen MR) is 93.4 cm³/mol. The summed E-state index contributed by atoms with van der Waals surface area (Å²) in [5.41, 5.74) is 2.23. The summed E-state index contributed by atoms with van der Waals surface area (Å²) >= 11 is 3.44. The maximum atomic E-state index is 12.6. The largest absolute Gasteiger partial charge is 0.497 e. The first-order valence-electron chi connectivity index (χ1n) is 7.01. The number of fused-ring (bicyclic) bond motifs is 3. The van der Waals surface area contributed by atoms with Crippen LogP contribution in [0.4, 0.5) is 0 Å². The van der Waals surface area contributed by atoms with Crippen molar-refractivity contribution in [1.29, 1.82) is 0 Å². The summed E-state index contributed by atoms with van der Waals surface area (Å²) in [6, 6.07) is 13.1. The molecule has 0 aliphatic heterocycles. The van der Waals surface area contributed by atoms with E-state index in [4.69, 9.17) is 4.74 Å². The fraction of sp³-hybridized carbons (Fsp3) is 0.0588. The summed E-state index contributed by atoms with van der Waals surface area (Å²) in [7, 11) is 1.61. The lowest BCUT2D eigenvalue weighted by Gasteiger charge is -2.03. The first kappa shape index (κ1) is 14.0. The van der Waals surface area contributed by atoms with Gasteiger partial charge in [-0.2, -0.15) is 0 Å². The van der Waals surface area contributed by atoms with E-state index in [2.05, 4.69) is 26.0 Å². The molecule has 1 N–H and O–H groups in total. The van der Waals surface area contributed by atoms with Crippen molar-refractivity contribution in [3.63, 3.8) is 0 Å². The van der Waals surface area contributed by atoms with Gasteiger partial charge in [0.05, 0.1) is 29.2 Å². The fourth-order valence-corrected chi connectivity index (χ4v) is 2.99. The van der Waals surface area contributed by atoms with Crippen LogP contribution in [0.3, 0.4) is 0 Å². The summed E-state index contributed by atoms with van der Waals surface area (Å²) in [6.45, 7) is 0. The molecule has 4 rings (SSSR count). The maximum Gasteiger partial charge on any atom is 0.280 e. The van der Waals surface area contributed by atoms with Crippen LogP contribution < -0.4 is 10.3 Å². The van der Waals surface area contributed by atoms with Crippen molar-refractivity contribution in [3.05, 3.63) is 63.5 Å². The van der Waals surface area contributed by atoms with Crippen molar-refractivity contribution in [1.82, 2.24) is 14.8 Å². The number of ether oxygens (including phenoxy) is 1. The van der Waals surface area contributed by atoms with Crippen LogP contribution in [0.25, 0.3) is 27.5 Å².